The second-order valence-electron chi connectivity index (χ2n) is 7.04. The normalized spacial score (nSPS) is 11.5. The van der Waals surface area contributed by atoms with Gasteiger partial charge in [-0.3, -0.25) is 4.98 Å². The summed E-state index contributed by atoms with van der Waals surface area (Å²) in [5, 5.41) is 0. The highest BCUT2D eigenvalue weighted by molar-refractivity contribution is 5.84. The second-order valence-corrected chi connectivity index (χ2v) is 7.04. The monoisotopic (exact) mass is 301 g/mol. The summed E-state index contributed by atoms with van der Waals surface area (Å²) in [5.74, 6) is 0. The maximum Gasteiger partial charge on any atom is 0.0710 e. The summed E-state index contributed by atoms with van der Waals surface area (Å²) >= 11 is 0. The lowest BCUT2D eigenvalue weighted by Gasteiger charge is -2.20. The van der Waals surface area contributed by atoms with E-state index in [9.17, 15) is 0 Å². The molecule has 0 fully saturated rings. The van der Waals surface area contributed by atoms with Gasteiger partial charge in [0.2, 0.25) is 0 Å². The first-order valence-corrected chi connectivity index (χ1v) is 8.09. The second kappa shape index (κ2) is 6.00. The molecule has 1 heterocycles. The first kappa shape index (κ1) is 15.5. The van der Waals surface area contributed by atoms with E-state index in [1.807, 2.05) is 18.3 Å². The number of nitrogens with zero attached hydrogens (tertiary/aromatic N) is 1. The fraction of sp³-hybridized carbons (Fsp3) is 0.227. The molecule has 0 saturated carbocycles. The maximum atomic E-state index is 4.55. The van der Waals surface area contributed by atoms with Crippen LogP contribution in [0.4, 0.5) is 0 Å². The molecule has 1 nitrogen and oxygen atoms in total. The summed E-state index contributed by atoms with van der Waals surface area (Å²) in [5.41, 5.74) is 7.51. The van der Waals surface area contributed by atoms with Crippen molar-refractivity contribution in [1.29, 1.82) is 0 Å². The fourth-order valence-electron chi connectivity index (χ4n) is 2.91. The van der Waals surface area contributed by atoms with Gasteiger partial charge in [-0.05, 0) is 46.7 Å². The van der Waals surface area contributed by atoms with E-state index >= 15 is 0 Å². The van der Waals surface area contributed by atoms with Crippen molar-refractivity contribution in [2.45, 2.75) is 33.1 Å². The van der Waals surface area contributed by atoms with Crippen LogP contribution in [0.25, 0.3) is 22.4 Å². The topological polar surface area (TPSA) is 12.9 Å². The largest absolute Gasteiger partial charge is 0.256 e. The van der Waals surface area contributed by atoms with Crippen LogP contribution in [0.1, 0.15) is 31.9 Å². The average molecular weight is 301 g/mol. The molecule has 1 heteroatoms. The van der Waals surface area contributed by atoms with E-state index in [0.717, 1.165) is 5.69 Å². The van der Waals surface area contributed by atoms with Crippen LogP contribution < -0.4 is 0 Å². The molecule has 0 aliphatic rings. The third-order valence-corrected chi connectivity index (χ3v) is 4.26. The van der Waals surface area contributed by atoms with Crippen LogP contribution in [0.2, 0.25) is 0 Å². The van der Waals surface area contributed by atoms with Gasteiger partial charge in [-0.2, -0.15) is 0 Å². The van der Waals surface area contributed by atoms with Crippen molar-refractivity contribution >= 4 is 0 Å². The summed E-state index contributed by atoms with van der Waals surface area (Å²) in [6.45, 7) is 8.88. The number of rotatable bonds is 2. The SMILES string of the molecule is Cc1cccc(-c2ccc(C(C)(C)C)cc2)c1-c1ccccn1. The molecule has 0 aliphatic heterocycles. The number of aryl methyl sites for hydroxylation is 1. The van der Waals surface area contributed by atoms with Crippen LogP contribution in [0, 0.1) is 6.92 Å². The Labute approximate surface area is 139 Å². The molecule has 0 N–H and O–H groups in total. The van der Waals surface area contributed by atoms with Crippen LogP contribution in [-0.2, 0) is 5.41 Å². The first-order valence-electron chi connectivity index (χ1n) is 8.09. The van der Waals surface area contributed by atoms with Crippen molar-refractivity contribution in [1.82, 2.24) is 4.98 Å². The van der Waals surface area contributed by atoms with Crippen molar-refractivity contribution in [2.24, 2.45) is 0 Å². The Morgan fingerprint density at radius 2 is 1.52 bits per heavy atom. The number of aromatic nitrogens is 1. The van der Waals surface area contributed by atoms with E-state index in [2.05, 4.69) is 81.2 Å². The van der Waals surface area contributed by atoms with Gasteiger partial charge in [0.05, 0.1) is 5.69 Å². The molecule has 0 unspecified atom stereocenters. The minimum Gasteiger partial charge on any atom is -0.256 e. The molecule has 0 aliphatic carbocycles. The lowest BCUT2D eigenvalue weighted by Crippen LogP contribution is -2.10. The number of hydrogen-bond acceptors (Lipinski definition) is 1. The summed E-state index contributed by atoms with van der Waals surface area (Å²) in [6.07, 6.45) is 1.86. The Morgan fingerprint density at radius 1 is 0.783 bits per heavy atom. The molecule has 0 radical (unpaired) electrons. The Bertz CT molecular complexity index is 794. The van der Waals surface area contributed by atoms with E-state index in [1.54, 1.807) is 0 Å². The van der Waals surface area contributed by atoms with Crippen molar-refractivity contribution in [3.63, 3.8) is 0 Å². The van der Waals surface area contributed by atoms with E-state index in [1.165, 1.54) is 27.8 Å². The van der Waals surface area contributed by atoms with Crippen LogP contribution in [0.5, 0.6) is 0 Å². The fourth-order valence-corrected chi connectivity index (χ4v) is 2.91. The minimum atomic E-state index is 0.176. The predicted octanol–water partition coefficient (Wildman–Crippen LogP) is 6.02. The molecule has 0 amide bonds. The van der Waals surface area contributed by atoms with Crippen molar-refractivity contribution in [3.8, 4) is 22.4 Å². The Balaban J connectivity index is 2.13. The molecule has 23 heavy (non-hydrogen) atoms. The smallest absolute Gasteiger partial charge is 0.0710 e. The molecule has 0 spiro atoms. The molecule has 2 aromatic carbocycles. The van der Waals surface area contributed by atoms with Crippen LogP contribution in [0.3, 0.4) is 0 Å². The standard InChI is InChI=1S/C22H23N/c1-16-8-7-9-19(21(16)20-10-5-6-15-23-20)17-11-13-18(14-12-17)22(2,3)4/h5-15H,1-4H3. The minimum absolute atomic E-state index is 0.176. The van der Waals surface area contributed by atoms with E-state index in [0.29, 0.717) is 0 Å². The van der Waals surface area contributed by atoms with Crippen LogP contribution in [-0.4, -0.2) is 4.98 Å². The highest BCUT2D eigenvalue weighted by atomic mass is 14.7. The average Bonchev–Trinajstić information content (AvgIpc) is 2.55. The Kier molecular flexibility index (Phi) is 4.04. The molecule has 0 bridgehead atoms. The Hall–Kier alpha value is -2.41. The van der Waals surface area contributed by atoms with E-state index in [4.69, 9.17) is 0 Å². The predicted molar refractivity (Wildman–Crippen MR) is 98.5 cm³/mol. The first-order chi connectivity index (χ1) is 11.0. The third-order valence-electron chi connectivity index (χ3n) is 4.26. The molecular weight excluding hydrogens is 278 g/mol. The molecule has 0 atom stereocenters. The molecule has 3 rings (SSSR count). The third kappa shape index (κ3) is 3.19. The molecule has 116 valence electrons. The number of benzene rings is 2. The van der Waals surface area contributed by atoms with Gasteiger partial charge in [-0.25, -0.2) is 0 Å². The molecule has 1 aromatic heterocycles. The summed E-state index contributed by atoms with van der Waals surface area (Å²) < 4.78 is 0. The van der Waals surface area contributed by atoms with Crippen molar-refractivity contribution in [2.75, 3.05) is 0 Å². The lowest BCUT2D eigenvalue weighted by molar-refractivity contribution is 0.590. The Morgan fingerprint density at radius 3 is 2.13 bits per heavy atom. The number of hydrogen-bond donors (Lipinski definition) is 0. The molecule has 3 aromatic rings. The summed E-state index contributed by atoms with van der Waals surface area (Å²) in [7, 11) is 0. The van der Waals surface area contributed by atoms with Gasteiger partial charge in [-0.15, -0.1) is 0 Å². The van der Waals surface area contributed by atoms with Gasteiger partial charge in [0.1, 0.15) is 0 Å². The zero-order chi connectivity index (χ0) is 16.4. The van der Waals surface area contributed by atoms with Gasteiger partial charge in [0.15, 0.2) is 0 Å². The van der Waals surface area contributed by atoms with Crippen LogP contribution >= 0.6 is 0 Å². The van der Waals surface area contributed by atoms with Gasteiger partial charge in [0.25, 0.3) is 0 Å². The zero-order valence-corrected chi connectivity index (χ0v) is 14.3. The highest BCUT2D eigenvalue weighted by Gasteiger charge is 2.15. The van der Waals surface area contributed by atoms with Gasteiger partial charge >= 0.3 is 0 Å². The molecular formula is C22H23N. The maximum absolute atomic E-state index is 4.55. The van der Waals surface area contributed by atoms with Gasteiger partial charge in [-0.1, -0.05) is 69.3 Å². The zero-order valence-electron chi connectivity index (χ0n) is 14.3. The van der Waals surface area contributed by atoms with Gasteiger partial charge < -0.3 is 0 Å². The number of pyridine rings is 1. The summed E-state index contributed by atoms with van der Waals surface area (Å²) in [6, 6.07) is 21.5. The summed E-state index contributed by atoms with van der Waals surface area (Å²) in [4.78, 5) is 4.55. The van der Waals surface area contributed by atoms with E-state index in [-0.39, 0.29) is 5.41 Å². The van der Waals surface area contributed by atoms with Crippen LogP contribution in [0.15, 0.2) is 66.9 Å². The molecule has 0 saturated heterocycles. The van der Waals surface area contributed by atoms with Crippen molar-refractivity contribution in [3.05, 3.63) is 78.0 Å². The van der Waals surface area contributed by atoms with Crippen molar-refractivity contribution < 1.29 is 0 Å². The highest BCUT2D eigenvalue weighted by Crippen LogP contribution is 2.34. The van der Waals surface area contributed by atoms with E-state index < -0.39 is 0 Å². The van der Waals surface area contributed by atoms with Gasteiger partial charge in [0, 0.05) is 11.8 Å². The lowest BCUT2D eigenvalue weighted by atomic mass is 9.85. The quantitative estimate of drug-likeness (QED) is 0.564.